The predicted molar refractivity (Wildman–Crippen MR) is 53.4 cm³/mol. The maximum Gasteiger partial charge on any atom is 0.182 e. The number of halogens is 3. The highest BCUT2D eigenvalue weighted by atomic mass is 79.9. The Labute approximate surface area is 89.4 Å². The van der Waals surface area contributed by atoms with Crippen LogP contribution in [-0.2, 0) is 6.54 Å². The average Bonchev–Trinajstić information content (AvgIpc) is 2.16. The average molecular weight is 266 g/mol. The molecule has 0 fully saturated rings. The molecule has 0 saturated heterocycles. The van der Waals surface area contributed by atoms with Gasteiger partial charge in [0, 0.05) is 12.1 Å². The lowest BCUT2D eigenvalue weighted by molar-refractivity contribution is 0.375. The Kier molecular flexibility index (Phi) is 3.83. The maximum atomic E-state index is 13.4. The molecule has 0 amide bonds. The van der Waals surface area contributed by atoms with Crippen molar-refractivity contribution < 1.29 is 13.5 Å². The number of ether oxygens (including phenoxy) is 1. The van der Waals surface area contributed by atoms with Crippen LogP contribution in [0.4, 0.5) is 8.78 Å². The maximum absolute atomic E-state index is 13.4. The molecule has 0 bridgehead atoms. The van der Waals surface area contributed by atoms with E-state index in [0.717, 1.165) is 0 Å². The zero-order valence-corrected chi connectivity index (χ0v) is 9.41. The van der Waals surface area contributed by atoms with Crippen LogP contribution >= 0.6 is 15.9 Å². The lowest BCUT2D eigenvalue weighted by Gasteiger charge is -2.10. The molecule has 0 aliphatic heterocycles. The van der Waals surface area contributed by atoms with Crippen molar-refractivity contribution in [3.8, 4) is 5.75 Å². The lowest BCUT2D eigenvalue weighted by Crippen LogP contribution is -2.08. The smallest absolute Gasteiger partial charge is 0.182 e. The van der Waals surface area contributed by atoms with Crippen LogP contribution in [0.1, 0.15) is 5.56 Å². The van der Waals surface area contributed by atoms with Gasteiger partial charge in [-0.1, -0.05) is 0 Å². The zero-order chi connectivity index (χ0) is 10.7. The van der Waals surface area contributed by atoms with Crippen LogP contribution in [0.15, 0.2) is 10.5 Å². The summed E-state index contributed by atoms with van der Waals surface area (Å²) in [5.41, 5.74) is 0.452. The van der Waals surface area contributed by atoms with Crippen molar-refractivity contribution in [2.75, 3.05) is 14.2 Å². The molecule has 0 unspecified atom stereocenters. The van der Waals surface area contributed by atoms with Gasteiger partial charge in [-0.05, 0) is 29.0 Å². The van der Waals surface area contributed by atoms with E-state index in [4.69, 9.17) is 4.74 Å². The van der Waals surface area contributed by atoms with Crippen molar-refractivity contribution in [3.63, 3.8) is 0 Å². The van der Waals surface area contributed by atoms with Gasteiger partial charge in [0.2, 0.25) is 0 Å². The minimum Gasteiger partial charge on any atom is -0.493 e. The second-order valence-electron chi connectivity index (χ2n) is 2.71. The monoisotopic (exact) mass is 265 g/mol. The van der Waals surface area contributed by atoms with Crippen LogP contribution in [0.2, 0.25) is 0 Å². The molecule has 0 aliphatic rings. The van der Waals surface area contributed by atoms with Crippen LogP contribution in [0.5, 0.6) is 5.75 Å². The number of benzene rings is 1. The fourth-order valence-electron chi connectivity index (χ4n) is 1.17. The van der Waals surface area contributed by atoms with E-state index in [1.165, 1.54) is 13.2 Å². The van der Waals surface area contributed by atoms with Gasteiger partial charge in [-0.25, -0.2) is 8.78 Å². The van der Waals surface area contributed by atoms with Crippen LogP contribution in [-0.4, -0.2) is 14.2 Å². The normalized spacial score (nSPS) is 10.4. The van der Waals surface area contributed by atoms with Gasteiger partial charge in [-0.15, -0.1) is 0 Å². The number of methoxy groups -OCH3 is 1. The number of rotatable bonds is 3. The Bertz CT molecular complexity index is 344. The van der Waals surface area contributed by atoms with E-state index < -0.39 is 11.6 Å². The molecular weight excluding hydrogens is 256 g/mol. The van der Waals surface area contributed by atoms with Gasteiger partial charge >= 0.3 is 0 Å². The third kappa shape index (κ3) is 2.04. The molecule has 0 aliphatic carbocycles. The molecule has 1 N–H and O–H groups in total. The third-order valence-corrected chi connectivity index (χ3v) is 2.49. The molecule has 0 aromatic heterocycles. The standard InChI is InChI=1S/C9H10BrF2NO/c1-13-4-5-3-6(11)7(10)8(12)9(5)14-2/h3,13H,4H2,1-2H3. The summed E-state index contributed by atoms with van der Waals surface area (Å²) in [6.07, 6.45) is 0. The van der Waals surface area contributed by atoms with Crippen molar-refractivity contribution in [1.29, 1.82) is 0 Å². The summed E-state index contributed by atoms with van der Waals surface area (Å²) in [4.78, 5) is 0. The van der Waals surface area contributed by atoms with Crippen molar-refractivity contribution >= 4 is 15.9 Å². The van der Waals surface area contributed by atoms with Crippen LogP contribution in [0, 0.1) is 11.6 Å². The van der Waals surface area contributed by atoms with Crippen LogP contribution in [0.25, 0.3) is 0 Å². The Morgan fingerprint density at radius 1 is 1.50 bits per heavy atom. The highest BCUT2D eigenvalue weighted by Crippen LogP contribution is 2.31. The Morgan fingerprint density at radius 3 is 2.64 bits per heavy atom. The van der Waals surface area contributed by atoms with Gasteiger partial charge in [0.15, 0.2) is 11.6 Å². The predicted octanol–water partition coefficient (Wildman–Crippen LogP) is 2.46. The lowest BCUT2D eigenvalue weighted by atomic mass is 10.2. The molecule has 1 aromatic rings. The minimum atomic E-state index is -0.710. The number of nitrogens with one attached hydrogen (secondary N) is 1. The van der Waals surface area contributed by atoms with E-state index in [-0.39, 0.29) is 10.2 Å². The summed E-state index contributed by atoms with van der Waals surface area (Å²) in [6.45, 7) is 0.351. The molecule has 5 heteroatoms. The summed E-state index contributed by atoms with van der Waals surface area (Å²) < 4.78 is 31.2. The highest BCUT2D eigenvalue weighted by Gasteiger charge is 2.16. The fourth-order valence-corrected chi connectivity index (χ4v) is 1.46. The molecule has 14 heavy (non-hydrogen) atoms. The summed E-state index contributed by atoms with van der Waals surface area (Å²) in [6, 6.07) is 1.24. The van der Waals surface area contributed by atoms with Gasteiger partial charge in [-0.3, -0.25) is 0 Å². The topological polar surface area (TPSA) is 21.3 Å². The first-order valence-corrected chi connectivity index (χ1v) is 4.76. The summed E-state index contributed by atoms with van der Waals surface area (Å²) in [5, 5.41) is 2.80. The van der Waals surface area contributed by atoms with E-state index >= 15 is 0 Å². The molecule has 0 heterocycles. The third-order valence-electron chi connectivity index (χ3n) is 1.77. The highest BCUT2D eigenvalue weighted by molar-refractivity contribution is 9.10. The molecule has 0 radical (unpaired) electrons. The molecule has 1 aromatic carbocycles. The van der Waals surface area contributed by atoms with E-state index in [9.17, 15) is 8.78 Å². The largest absolute Gasteiger partial charge is 0.493 e. The van der Waals surface area contributed by atoms with Gasteiger partial charge in [0.05, 0.1) is 11.6 Å². The van der Waals surface area contributed by atoms with E-state index in [0.29, 0.717) is 12.1 Å². The summed E-state index contributed by atoms with van der Waals surface area (Å²) >= 11 is 2.81. The molecule has 0 spiro atoms. The molecule has 0 saturated carbocycles. The first kappa shape index (κ1) is 11.4. The van der Waals surface area contributed by atoms with Crippen molar-refractivity contribution in [2.45, 2.75) is 6.54 Å². The fraction of sp³-hybridized carbons (Fsp3) is 0.333. The van der Waals surface area contributed by atoms with E-state index in [1.54, 1.807) is 7.05 Å². The summed E-state index contributed by atoms with van der Waals surface area (Å²) in [7, 11) is 3.04. The van der Waals surface area contributed by atoms with Crippen LogP contribution < -0.4 is 10.1 Å². The van der Waals surface area contributed by atoms with Gasteiger partial charge < -0.3 is 10.1 Å². The molecule has 1 rings (SSSR count). The van der Waals surface area contributed by atoms with Crippen molar-refractivity contribution in [1.82, 2.24) is 5.32 Å². The number of hydrogen-bond donors (Lipinski definition) is 1. The SMILES string of the molecule is CNCc1cc(F)c(Br)c(F)c1OC. The molecule has 2 nitrogen and oxygen atoms in total. The first-order chi connectivity index (χ1) is 6.61. The van der Waals surface area contributed by atoms with E-state index in [1.807, 2.05) is 0 Å². The van der Waals surface area contributed by atoms with Crippen molar-refractivity contribution in [3.05, 3.63) is 27.7 Å². The molecule has 0 atom stereocenters. The second kappa shape index (κ2) is 4.70. The summed E-state index contributed by atoms with van der Waals surface area (Å²) in [5.74, 6) is -1.28. The van der Waals surface area contributed by atoms with Gasteiger partial charge in [0.1, 0.15) is 5.82 Å². The van der Waals surface area contributed by atoms with Gasteiger partial charge in [-0.2, -0.15) is 0 Å². The zero-order valence-electron chi connectivity index (χ0n) is 7.83. The number of hydrogen-bond acceptors (Lipinski definition) is 2. The molecule has 78 valence electrons. The quantitative estimate of drug-likeness (QED) is 0.848. The Hall–Kier alpha value is -0.680. The van der Waals surface area contributed by atoms with Crippen molar-refractivity contribution in [2.24, 2.45) is 0 Å². The second-order valence-corrected chi connectivity index (χ2v) is 3.50. The minimum absolute atomic E-state index is 0.0626. The van der Waals surface area contributed by atoms with Gasteiger partial charge in [0.25, 0.3) is 0 Å². The molecular formula is C9H10BrF2NO. The van der Waals surface area contributed by atoms with Crippen LogP contribution in [0.3, 0.4) is 0 Å². The Balaban J connectivity index is 3.28. The Morgan fingerprint density at radius 2 is 2.14 bits per heavy atom. The van der Waals surface area contributed by atoms with E-state index in [2.05, 4.69) is 21.2 Å². The first-order valence-electron chi connectivity index (χ1n) is 3.96.